The lowest BCUT2D eigenvalue weighted by Gasteiger charge is -2.20. The Bertz CT molecular complexity index is 1220. The molecule has 3 rings (SSSR count). The summed E-state index contributed by atoms with van der Waals surface area (Å²) in [4.78, 5) is 38.6. The maximum absolute atomic E-state index is 14.8. The number of aryl methyl sites for hydroxylation is 1. The molecule has 1 aliphatic rings. The topological polar surface area (TPSA) is 132 Å². The van der Waals surface area contributed by atoms with Gasteiger partial charge in [-0.3, -0.25) is 19.1 Å². The summed E-state index contributed by atoms with van der Waals surface area (Å²) in [6, 6.07) is 1.35. The predicted molar refractivity (Wildman–Crippen MR) is 127 cm³/mol. The first-order valence-electron chi connectivity index (χ1n) is 10.5. The van der Waals surface area contributed by atoms with Crippen LogP contribution < -0.4 is 26.0 Å². The van der Waals surface area contributed by atoms with Gasteiger partial charge in [0.05, 0.1) is 17.2 Å². The first-order valence-corrected chi connectivity index (χ1v) is 11.6. The maximum Gasteiger partial charge on any atom is 0.330 e. The molecule has 0 bridgehead atoms. The van der Waals surface area contributed by atoms with Gasteiger partial charge in [0, 0.05) is 18.3 Å². The van der Waals surface area contributed by atoms with Crippen LogP contribution in [0.4, 0.5) is 4.39 Å². The lowest BCUT2D eigenvalue weighted by molar-refractivity contribution is -0.128. The fourth-order valence-corrected chi connectivity index (χ4v) is 4.50. The maximum atomic E-state index is 14.8. The van der Waals surface area contributed by atoms with Crippen LogP contribution in [-0.2, 0) is 16.0 Å². The van der Waals surface area contributed by atoms with Crippen LogP contribution in [-0.4, -0.2) is 58.7 Å². The normalized spacial score (nSPS) is 22.6. The van der Waals surface area contributed by atoms with Crippen molar-refractivity contribution in [2.75, 3.05) is 13.7 Å². The number of benzene rings is 1. The van der Waals surface area contributed by atoms with Crippen molar-refractivity contribution in [1.82, 2.24) is 14.9 Å². The molecule has 0 unspecified atom stereocenters. The highest BCUT2D eigenvalue weighted by Gasteiger charge is 2.45. The standard InChI is InChI=1S/C21H23Cl3FN3O7/c1-4-9-7-28(21(32)27-19(9)31)20-14(25)15(29)12(35-20)6-26-18(30)8(2)34-17-11(23)5-10(22)16(33-3)13(17)24/h5,7-8,12,14-15,20,29H,4,6H2,1-3H3,(H,26,30)(H,27,31,32)/t8-,12+,14-,15+,20+/m0/s1. The summed E-state index contributed by atoms with van der Waals surface area (Å²) in [5, 5.41) is 12.9. The largest absolute Gasteiger partial charge is 0.493 e. The van der Waals surface area contributed by atoms with Crippen LogP contribution in [0, 0.1) is 0 Å². The van der Waals surface area contributed by atoms with Crippen molar-refractivity contribution in [3.8, 4) is 11.5 Å². The number of aliphatic hydroxyl groups excluding tert-OH is 1. The summed E-state index contributed by atoms with van der Waals surface area (Å²) in [7, 11) is 1.35. The van der Waals surface area contributed by atoms with Crippen molar-refractivity contribution in [2.24, 2.45) is 0 Å². The molecule has 0 aliphatic carbocycles. The molecule has 1 aliphatic heterocycles. The molecule has 192 valence electrons. The first kappa shape index (κ1) is 27.3. The fraction of sp³-hybridized carbons (Fsp3) is 0.476. The lowest BCUT2D eigenvalue weighted by Crippen LogP contribution is -2.43. The quantitative estimate of drug-likeness (QED) is 0.456. The number of carbonyl (C=O) groups excluding carboxylic acids is 1. The first-order chi connectivity index (χ1) is 16.5. The number of aromatic amines is 1. The average molecular weight is 555 g/mol. The molecule has 5 atom stereocenters. The van der Waals surface area contributed by atoms with Crippen LogP contribution >= 0.6 is 34.8 Å². The second kappa shape index (κ2) is 11.2. The molecule has 3 N–H and O–H groups in total. The van der Waals surface area contributed by atoms with E-state index in [1.807, 2.05) is 0 Å². The predicted octanol–water partition coefficient (Wildman–Crippen LogP) is 2.25. The molecule has 14 heteroatoms. The minimum Gasteiger partial charge on any atom is -0.493 e. The van der Waals surface area contributed by atoms with Crippen molar-refractivity contribution >= 4 is 40.7 Å². The van der Waals surface area contributed by atoms with Crippen molar-refractivity contribution < 1.29 is 28.5 Å². The van der Waals surface area contributed by atoms with Crippen molar-refractivity contribution in [3.05, 3.63) is 53.7 Å². The Morgan fingerprint density at radius 2 is 1.97 bits per heavy atom. The molecule has 1 fully saturated rings. The van der Waals surface area contributed by atoms with E-state index in [9.17, 15) is 23.9 Å². The summed E-state index contributed by atoms with van der Waals surface area (Å²) < 4.78 is 31.8. The van der Waals surface area contributed by atoms with Crippen molar-refractivity contribution in [2.45, 2.75) is 51.0 Å². The molecule has 0 radical (unpaired) electrons. The molecule has 0 spiro atoms. The number of methoxy groups -OCH3 is 1. The van der Waals surface area contributed by atoms with E-state index in [0.717, 1.165) is 4.57 Å². The SMILES string of the molecule is CCc1cn([C@@H]2O[C@H](CNC(=O)[C@H](C)Oc3c(Cl)cc(Cl)c(OC)c3Cl)[C@@H](O)[C@@H]2F)c(=O)[nH]c1=O. The minimum atomic E-state index is -1.99. The summed E-state index contributed by atoms with van der Waals surface area (Å²) in [5.41, 5.74) is -1.22. The number of carbonyl (C=O) groups is 1. The van der Waals surface area contributed by atoms with E-state index in [4.69, 9.17) is 49.0 Å². The molecule has 2 heterocycles. The monoisotopic (exact) mass is 553 g/mol. The van der Waals surface area contributed by atoms with E-state index in [2.05, 4.69) is 10.3 Å². The number of amides is 1. The summed E-state index contributed by atoms with van der Waals surface area (Å²) in [5.74, 6) is -0.552. The minimum absolute atomic E-state index is 0.0255. The van der Waals surface area contributed by atoms with E-state index in [1.165, 1.54) is 26.3 Å². The number of nitrogens with zero attached hydrogens (tertiary/aromatic N) is 1. The van der Waals surface area contributed by atoms with Crippen LogP contribution in [0.1, 0.15) is 25.6 Å². The van der Waals surface area contributed by atoms with Crippen molar-refractivity contribution in [1.29, 1.82) is 0 Å². The van der Waals surface area contributed by atoms with Gasteiger partial charge in [0.2, 0.25) is 0 Å². The third-order valence-corrected chi connectivity index (χ3v) is 6.33. The summed E-state index contributed by atoms with van der Waals surface area (Å²) >= 11 is 18.3. The lowest BCUT2D eigenvalue weighted by atomic mass is 10.1. The second-order valence-electron chi connectivity index (χ2n) is 7.70. The Hall–Kier alpha value is -2.31. The van der Waals surface area contributed by atoms with Gasteiger partial charge >= 0.3 is 5.69 Å². The number of ether oxygens (including phenoxy) is 3. The number of hydrogen-bond donors (Lipinski definition) is 3. The van der Waals surface area contributed by atoms with Crippen LogP contribution in [0.5, 0.6) is 11.5 Å². The van der Waals surface area contributed by atoms with Gasteiger partial charge in [-0.15, -0.1) is 0 Å². The second-order valence-corrected chi connectivity index (χ2v) is 8.89. The number of H-pyrrole nitrogens is 1. The molecule has 1 saturated heterocycles. The van der Waals surface area contributed by atoms with Gasteiger partial charge in [-0.1, -0.05) is 41.7 Å². The zero-order valence-corrected chi connectivity index (χ0v) is 21.1. The molecular weight excluding hydrogens is 532 g/mol. The number of alkyl halides is 1. The molecule has 1 amide bonds. The van der Waals surface area contributed by atoms with Gasteiger partial charge in [0.15, 0.2) is 30.0 Å². The Labute approximate surface area is 213 Å². The zero-order chi connectivity index (χ0) is 26.0. The number of halogens is 4. The van der Waals surface area contributed by atoms with Crippen LogP contribution in [0.15, 0.2) is 21.9 Å². The molecular formula is C21H23Cl3FN3O7. The number of nitrogens with one attached hydrogen (secondary N) is 2. The summed E-state index contributed by atoms with van der Waals surface area (Å²) in [6.45, 7) is 2.81. The molecule has 10 nitrogen and oxygen atoms in total. The Morgan fingerprint density at radius 3 is 2.60 bits per heavy atom. The molecule has 1 aromatic carbocycles. The van der Waals surface area contributed by atoms with Gasteiger partial charge in [0.1, 0.15) is 17.2 Å². The Balaban J connectivity index is 1.68. The Morgan fingerprint density at radius 1 is 1.31 bits per heavy atom. The van der Waals surface area contributed by atoms with Crippen molar-refractivity contribution in [3.63, 3.8) is 0 Å². The summed E-state index contributed by atoms with van der Waals surface area (Å²) in [6.07, 6.45) is -5.93. The fourth-order valence-electron chi connectivity index (χ4n) is 3.49. The van der Waals surface area contributed by atoms with E-state index in [1.54, 1.807) is 6.92 Å². The van der Waals surface area contributed by atoms with Gasteiger partial charge in [0.25, 0.3) is 11.5 Å². The molecule has 35 heavy (non-hydrogen) atoms. The average Bonchev–Trinajstić information content (AvgIpc) is 3.08. The van der Waals surface area contributed by atoms with E-state index in [-0.39, 0.29) is 38.7 Å². The molecule has 1 aromatic heterocycles. The van der Waals surface area contributed by atoms with E-state index >= 15 is 0 Å². The van der Waals surface area contributed by atoms with Gasteiger partial charge in [-0.2, -0.15) is 0 Å². The zero-order valence-electron chi connectivity index (χ0n) is 18.8. The number of aliphatic hydroxyl groups is 1. The van der Waals surface area contributed by atoms with E-state index < -0.39 is 47.9 Å². The van der Waals surface area contributed by atoms with Crippen LogP contribution in [0.2, 0.25) is 15.1 Å². The number of aromatic nitrogens is 2. The smallest absolute Gasteiger partial charge is 0.330 e. The highest BCUT2D eigenvalue weighted by Crippen LogP contribution is 2.45. The van der Waals surface area contributed by atoms with Gasteiger partial charge in [-0.05, 0) is 19.4 Å². The van der Waals surface area contributed by atoms with Gasteiger partial charge in [-0.25, -0.2) is 9.18 Å². The third-order valence-electron chi connectivity index (χ3n) is 5.42. The molecule has 0 saturated carbocycles. The van der Waals surface area contributed by atoms with E-state index in [0.29, 0.717) is 6.42 Å². The van der Waals surface area contributed by atoms with Crippen LogP contribution in [0.25, 0.3) is 0 Å². The highest BCUT2D eigenvalue weighted by atomic mass is 35.5. The number of rotatable bonds is 8. The van der Waals surface area contributed by atoms with Gasteiger partial charge < -0.3 is 24.6 Å². The van der Waals surface area contributed by atoms with Crippen LogP contribution in [0.3, 0.4) is 0 Å². The third kappa shape index (κ3) is 5.59. The highest BCUT2D eigenvalue weighted by molar-refractivity contribution is 6.42. The molecule has 2 aromatic rings. The number of hydrogen-bond acceptors (Lipinski definition) is 7. The Kier molecular flexibility index (Phi) is 8.71.